The van der Waals surface area contributed by atoms with Crippen molar-refractivity contribution in [3.63, 3.8) is 0 Å². The number of azo groups is 1. The molecule has 2 aromatic rings. The van der Waals surface area contributed by atoms with Crippen LogP contribution in [0.3, 0.4) is 0 Å². The second-order valence-electron chi connectivity index (χ2n) is 4.75. The Hall–Kier alpha value is -1.66. The van der Waals surface area contributed by atoms with E-state index in [9.17, 15) is 0 Å². The zero-order valence-electron chi connectivity index (χ0n) is 12.4. The van der Waals surface area contributed by atoms with Crippen molar-refractivity contribution < 1.29 is 10.2 Å². The van der Waals surface area contributed by atoms with Crippen LogP contribution in [-0.2, 0) is 0 Å². The molecule has 0 radical (unpaired) electrons. The number of nitrogens with zero attached hydrogens (tertiary/aromatic N) is 3. The van der Waals surface area contributed by atoms with Crippen LogP contribution in [0.15, 0.2) is 52.7 Å². The summed E-state index contributed by atoms with van der Waals surface area (Å²) >= 11 is 11.9. The van der Waals surface area contributed by atoms with E-state index in [1.165, 1.54) is 0 Å². The predicted octanol–water partition coefficient (Wildman–Crippen LogP) is 4.20. The van der Waals surface area contributed by atoms with Gasteiger partial charge in [0.15, 0.2) is 0 Å². The van der Waals surface area contributed by atoms with E-state index in [0.29, 0.717) is 34.5 Å². The van der Waals surface area contributed by atoms with Gasteiger partial charge in [-0.2, -0.15) is 5.11 Å². The summed E-state index contributed by atoms with van der Waals surface area (Å²) in [6.07, 6.45) is 0. The third-order valence-electron chi connectivity index (χ3n) is 3.14. The number of aliphatic hydroxyl groups excluding tert-OH is 2. The minimum atomic E-state index is 0.0225. The van der Waals surface area contributed by atoms with Crippen LogP contribution in [0.25, 0.3) is 0 Å². The Morgan fingerprint density at radius 2 is 1.52 bits per heavy atom. The average molecular weight is 354 g/mol. The molecule has 0 fully saturated rings. The first-order chi connectivity index (χ1) is 11.1. The van der Waals surface area contributed by atoms with Crippen molar-refractivity contribution in [2.75, 3.05) is 31.2 Å². The van der Waals surface area contributed by atoms with Gasteiger partial charge in [0.1, 0.15) is 5.69 Å². The fourth-order valence-electron chi connectivity index (χ4n) is 2.02. The Morgan fingerprint density at radius 1 is 0.870 bits per heavy atom. The van der Waals surface area contributed by atoms with Crippen LogP contribution in [0, 0.1) is 0 Å². The van der Waals surface area contributed by atoms with Crippen LogP contribution in [0.4, 0.5) is 17.1 Å². The van der Waals surface area contributed by atoms with Gasteiger partial charge in [0, 0.05) is 23.8 Å². The molecule has 2 N–H and O–H groups in total. The van der Waals surface area contributed by atoms with Gasteiger partial charge in [-0.1, -0.05) is 23.2 Å². The van der Waals surface area contributed by atoms with Gasteiger partial charge in [-0.15, -0.1) is 5.11 Å². The molecule has 0 aliphatic carbocycles. The molecular weight excluding hydrogens is 337 g/mol. The summed E-state index contributed by atoms with van der Waals surface area (Å²) in [7, 11) is 0. The highest BCUT2D eigenvalue weighted by Crippen LogP contribution is 2.30. The van der Waals surface area contributed by atoms with Crippen molar-refractivity contribution in [3.05, 3.63) is 52.5 Å². The zero-order valence-corrected chi connectivity index (χ0v) is 13.9. The van der Waals surface area contributed by atoms with E-state index in [4.69, 9.17) is 33.4 Å². The van der Waals surface area contributed by atoms with Crippen LogP contribution in [-0.4, -0.2) is 36.5 Å². The van der Waals surface area contributed by atoms with Crippen LogP contribution < -0.4 is 4.90 Å². The molecular formula is C16H17Cl2N3O2. The fraction of sp³-hybridized carbons (Fsp3) is 0.250. The maximum absolute atomic E-state index is 9.06. The van der Waals surface area contributed by atoms with Gasteiger partial charge in [-0.05, 0) is 42.5 Å². The van der Waals surface area contributed by atoms with Crippen molar-refractivity contribution >= 4 is 40.3 Å². The molecule has 23 heavy (non-hydrogen) atoms. The van der Waals surface area contributed by atoms with Crippen LogP contribution in [0.5, 0.6) is 0 Å². The first-order valence-electron chi connectivity index (χ1n) is 7.07. The van der Waals surface area contributed by atoms with Gasteiger partial charge in [0.05, 0.1) is 23.9 Å². The Morgan fingerprint density at radius 3 is 2.13 bits per heavy atom. The summed E-state index contributed by atoms with van der Waals surface area (Å²) < 4.78 is 0. The number of hydrogen-bond donors (Lipinski definition) is 2. The lowest BCUT2D eigenvalue weighted by Gasteiger charge is -2.22. The lowest BCUT2D eigenvalue weighted by atomic mass is 10.2. The lowest BCUT2D eigenvalue weighted by molar-refractivity contribution is 0.281. The Labute approximate surface area is 144 Å². The molecule has 0 aliphatic heterocycles. The maximum Gasteiger partial charge on any atom is 0.106 e. The molecule has 2 rings (SSSR count). The number of benzene rings is 2. The van der Waals surface area contributed by atoms with E-state index >= 15 is 0 Å². The second kappa shape index (κ2) is 8.84. The lowest BCUT2D eigenvalue weighted by Crippen LogP contribution is -2.29. The normalized spacial score (nSPS) is 11.1. The molecule has 5 nitrogen and oxygen atoms in total. The molecule has 0 aliphatic rings. The molecule has 122 valence electrons. The third-order valence-corrected chi connectivity index (χ3v) is 3.69. The number of aliphatic hydroxyl groups is 2. The zero-order chi connectivity index (χ0) is 16.7. The maximum atomic E-state index is 9.06. The van der Waals surface area contributed by atoms with Crippen LogP contribution in [0.2, 0.25) is 10.0 Å². The smallest absolute Gasteiger partial charge is 0.106 e. The van der Waals surface area contributed by atoms with Crippen molar-refractivity contribution in [1.82, 2.24) is 0 Å². The van der Waals surface area contributed by atoms with Crippen molar-refractivity contribution in [3.8, 4) is 0 Å². The van der Waals surface area contributed by atoms with E-state index < -0.39 is 0 Å². The first kappa shape index (κ1) is 17.7. The van der Waals surface area contributed by atoms with Crippen molar-refractivity contribution in [1.29, 1.82) is 0 Å². The quantitative estimate of drug-likeness (QED) is 0.733. The topological polar surface area (TPSA) is 68.4 Å². The number of halogens is 2. The van der Waals surface area contributed by atoms with Crippen LogP contribution >= 0.6 is 23.2 Å². The molecule has 0 saturated carbocycles. The summed E-state index contributed by atoms with van der Waals surface area (Å²) in [5.41, 5.74) is 2.07. The second-order valence-corrected chi connectivity index (χ2v) is 5.59. The van der Waals surface area contributed by atoms with E-state index in [2.05, 4.69) is 10.2 Å². The molecule has 0 amide bonds. The molecule has 0 saturated heterocycles. The largest absolute Gasteiger partial charge is 0.395 e. The number of rotatable bonds is 7. The van der Waals surface area contributed by atoms with Gasteiger partial charge in [0.2, 0.25) is 0 Å². The highest BCUT2D eigenvalue weighted by molar-refractivity contribution is 6.35. The third kappa shape index (κ3) is 5.18. The van der Waals surface area contributed by atoms with Crippen molar-refractivity contribution in [2.24, 2.45) is 10.2 Å². The predicted molar refractivity (Wildman–Crippen MR) is 93.5 cm³/mol. The SMILES string of the molecule is OCCN(CCO)c1ccc(N=Nc2cc(Cl)ccc2Cl)cc1. The summed E-state index contributed by atoms with van der Waals surface area (Å²) in [5.74, 6) is 0. The van der Waals surface area contributed by atoms with Gasteiger partial charge >= 0.3 is 0 Å². The van der Waals surface area contributed by atoms with Gasteiger partial charge < -0.3 is 15.1 Å². The monoisotopic (exact) mass is 353 g/mol. The van der Waals surface area contributed by atoms with Crippen LogP contribution in [0.1, 0.15) is 0 Å². The number of hydrogen-bond acceptors (Lipinski definition) is 5. The summed E-state index contributed by atoms with van der Waals surface area (Å²) in [5, 5.41) is 27.4. The van der Waals surface area contributed by atoms with Gasteiger partial charge in [-0.25, -0.2) is 0 Å². The molecule has 0 unspecified atom stereocenters. The summed E-state index contributed by atoms with van der Waals surface area (Å²) in [6, 6.07) is 12.3. The summed E-state index contributed by atoms with van der Waals surface area (Å²) in [6.45, 7) is 0.961. The standard InChI is InChI=1S/C16H17Cl2N3O2/c17-12-1-6-15(18)16(11-12)20-19-13-2-4-14(5-3-13)21(7-9-22)8-10-23/h1-6,11,22-23H,7-10H2. The Balaban J connectivity index is 2.12. The number of anilines is 1. The van der Waals surface area contributed by atoms with E-state index in [1.54, 1.807) is 30.3 Å². The van der Waals surface area contributed by atoms with Gasteiger partial charge in [-0.3, -0.25) is 0 Å². The minimum Gasteiger partial charge on any atom is -0.395 e. The van der Waals surface area contributed by atoms with E-state index in [-0.39, 0.29) is 13.2 Å². The van der Waals surface area contributed by atoms with Crippen molar-refractivity contribution in [2.45, 2.75) is 0 Å². The highest BCUT2D eigenvalue weighted by atomic mass is 35.5. The fourth-order valence-corrected chi connectivity index (χ4v) is 2.34. The minimum absolute atomic E-state index is 0.0225. The van der Waals surface area contributed by atoms with Gasteiger partial charge in [0.25, 0.3) is 0 Å². The Kier molecular flexibility index (Phi) is 6.80. The van der Waals surface area contributed by atoms with E-state index in [0.717, 1.165) is 5.69 Å². The molecule has 0 aromatic heterocycles. The van der Waals surface area contributed by atoms with E-state index in [1.807, 2.05) is 17.0 Å². The first-order valence-corrected chi connectivity index (χ1v) is 7.83. The molecule has 2 aromatic carbocycles. The highest BCUT2D eigenvalue weighted by Gasteiger charge is 2.05. The Bertz CT molecular complexity index is 657. The average Bonchev–Trinajstić information content (AvgIpc) is 2.56. The molecule has 0 atom stereocenters. The molecule has 7 heteroatoms. The summed E-state index contributed by atoms with van der Waals surface area (Å²) in [4.78, 5) is 1.88. The molecule has 0 bridgehead atoms. The molecule has 0 heterocycles. The molecule has 0 spiro atoms.